The van der Waals surface area contributed by atoms with Crippen molar-refractivity contribution in [1.82, 2.24) is 20.4 Å². The molecule has 0 aliphatic carbocycles. The second-order valence-electron chi connectivity index (χ2n) is 21.3. The number of fused-ring (bicyclic) bond motifs is 3. The first kappa shape index (κ1) is 50.4. The van der Waals surface area contributed by atoms with E-state index >= 15 is 4.39 Å². The van der Waals surface area contributed by atoms with E-state index in [2.05, 4.69) is 58.8 Å². The van der Waals surface area contributed by atoms with Crippen LogP contribution in [0.3, 0.4) is 0 Å². The molecular weight excluding hydrogens is 973 g/mol. The zero-order valence-corrected chi connectivity index (χ0v) is 43.0. The lowest BCUT2D eigenvalue weighted by Gasteiger charge is -2.39. The van der Waals surface area contributed by atoms with E-state index < -0.39 is 41.0 Å². The Morgan fingerprint density at radius 3 is 2.58 bits per heavy atom. The third kappa shape index (κ3) is 9.63. The number of methoxy groups -OCH3 is 1. The molecule has 14 nitrogen and oxygen atoms in total. The molecular formula is C56H60Cl2FN7O7. The van der Waals surface area contributed by atoms with Gasteiger partial charge in [-0.15, -0.1) is 0 Å². The van der Waals surface area contributed by atoms with Crippen LogP contribution in [0.4, 0.5) is 21.5 Å². The lowest BCUT2D eigenvalue weighted by molar-refractivity contribution is -0.137. The zero-order chi connectivity index (χ0) is 51.3. The van der Waals surface area contributed by atoms with Gasteiger partial charge in [-0.05, 0) is 96.7 Å². The lowest BCUT2D eigenvalue weighted by Crippen LogP contribution is -2.52. The number of ether oxygens (including phenoxy) is 2. The van der Waals surface area contributed by atoms with Gasteiger partial charge in [0.25, 0.3) is 11.8 Å². The van der Waals surface area contributed by atoms with Crippen molar-refractivity contribution >= 4 is 69.8 Å². The van der Waals surface area contributed by atoms with Crippen molar-refractivity contribution < 1.29 is 37.8 Å². The van der Waals surface area contributed by atoms with Crippen molar-refractivity contribution in [2.24, 2.45) is 11.3 Å². The minimum absolute atomic E-state index is 0.0308. The number of likely N-dealkylation sites (tertiary alicyclic amines) is 1. The molecule has 4 aromatic carbocycles. The average Bonchev–Trinajstić information content (AvgIpc) is 4.02. The second kappa shape index (κ2) is 20.3. The predicted molar refractivity (Wildman–Crippen MR) is 278 cm³/mol. The van der Waals surface area contributed by atoms with Crippen LogP contribution in [0, 0.1) is 29.0 Å². The zero-order valence-electron chi connectivity index (χ0n) is 41.5. The number of carbonyl (C=O) groups is 5. The van der Waals surface area contributed by atoms with Gasteiger partial charge in [-0.1, -0.05) is 74.0 Å². The molecule has 6 aliphatic heterocycles. The third-order valence-electron chi connectivity index (χ3n) is 15.5. The molecule has 10 rings (SSSR count). The van der Waals surface area contributed by atoms with E-state index in [9.17, 15) is 24.0 Å². The number of benzene rings is 4. The summed E-state index contributed by atoms with van der Waals surface area (Å²) < 4.78 is 27.9. The smallest absolute Gasteiger partial charge is 0.255 e. The topological polar surface area (TPSA) is 162 Å². The number of morpholine rings is 1. The number of carbonyl (C=O) groups excluding carboxylic acids is 5. The number of nitrogens with zero attached hydrogens (tertiary/aromatic N) is 3. The molecule has 4 fully saturated rings. The summed E-state index contributed by atoms with van der Waals surface area (Å²) in [4.78, 5) is 73.3. The van der Waals surface area contributed by atoms with Crippen molar-refractivity contribution in [3.8, 4) is 17.6 Å². The van der Waals surface area contributed by atoms with E-state index in [1.54, 1.807) is 35.2 Å². The van der Waals surface area contributed by atoms with Crippen molar-refractivity contribution in [2.75, 3.05) is 68.6 Å². The number of amides is 5. The van der Waals surface area contributed by atoms with Gasteiger partial charge in [-0.3, -0.25) is 29.3 Å². The Kier molecular flexibility index (Phi) is 14.0. The average molecular weight is 1030 g/mol. The number of halogens is 3. The molecule has 382 valence electrons. The van der Waals surface area contributed by atoms with Crippen LogP contribution < -0.4 is 30.9 Å². The molecule has 4 saturated heterocycles. The first-order valence-corrected chi connectivity index (χ1v) is 25.9. The van der Waals surface area contributed by atoms with Crippen molar-refractivity contribution in [3.05, 3.63) is 116 Å². The van der Waals surface area contributed by atoms with Gasteiger partial charge in [0.05, 0.1) is 48.3 Å². The maximum atomic E-state index is 16.4. The highest BCUT2D eigenvalue weighted by atomic mass is 35.5. The molecule has 17 heteroatoms. The molecule has 0 radical (unpaired) electrons. The minimum atomic E-state index is -0.910. The predicted octanol–water partition coefficient (Wildman–Crippen LogP) is 7.90. The molecule has 0 bridgehead atoms. The monoisotopic (exact) mass is 1030 g/mol. The Hall–Kier alpha value is -6.18. The second-order valence-corrected chi connectivity index (χ2v) is 22.2. The minimum Gasteiger partial charge on any atom is -0.495 e. The number of hydrogen-bond donors (Lipinski definition) is 4. The van der Waals surface area contributed by atoms with E-state index in [4.69, 9.17) is 32.7 Å². The fourth-order valence-electron chi connectivity index (χ4n) is 12.1. The fraction of sp³-hybridized carbons (Fsp3) is 0.446. The van der Waals surface area contributed by atoms with Crippen molar-refractivity contribution in [2.45, 2.75) is 95.3 Å². The van der Waals surface area contributed by atoms with Crippen LogP contribution in [0.1, 0.15) is 108 Å². The van der Waals surface area contributed by atoms with E-state index in [0.717, 1.165) is 40.9 Å². The van der Waals surface area contributed by atoms with Crippen LogP contribution in [0.15, 0.2) is 66.7 Å². The Morgan fingerprint density at radius 1 is 1.00 bits per heavy atom. The molecule has 73 heavy (non-hydrogen) atoms. The molecule has 1 spiro atoms. The molecule has 0 saturated carbocycles. The van der Waals surface area contributed by atoms with E-state index in [-0.39, 0.29) is 59.5 Å². The molecule has 0 aromatic heterocycles. The molecule has 1 unspecified atom stereocenters. The van der Waals surface area contributed by atoms with Gasteiger partial charge in [0.15, 0.2) is 0 Å². The van der Waals surface area contributed by atoms with Crippen LogP contribution in [-0.4, -0.2) is 111 Å². The van der Waals surface area contributed by atoms with Gasteiger partial charge in [0.1, 0.15) is 17.6 Å². The van der Waals surface area contributed by atoms with Gasteiger partial charge in [0, 0.05) is 96.9 Å². The van der Waals surface area contributed by atoms with Crippen LogP contribution in [0.5, 0.6) is 5.75 Å². The standard InChI is InChI=1S/C56H60Cl2FN7O7/c1-55(2,3)28-46-56(31-60-42-27-34(57)14-16-39(42)56)48(37-11-6-12-40(58)49(37)59)50(62-46)52(69)61-41-17-13-33(26-45(41)72-4)53(70)65-21-7-9-32(29-65)8-5-10-35-38-30-66(44-19-20-47(67)63-51(44)68)54(71)36(38)15-18-43(35)64-22-24-73-25-23-64/h6,11-18,26-27,32,44,46,48,50,60,62H,7-9,19-25,28-31H2,1-4H3,(H,61,69)(H,63,67,68)/t32-,44?,46+,48+,50-,56+/m1/s1. The Morgan fingerprint density at radius 2 is 1.81 bits per heavy atom. The van der Waals surface area contributed by atoms with Gasteiger partial charge >= 0.3 is 0 Å². The van der Waals surface area contributed by atoms with Crippen LogP contribution in [0.25, 0.3) is 0 Å². The maximum Gasteiger partial charge on any atom is 0.255 e. The Bertz CT molecular complexity index is 2970. The first-order chi connectivity index (χ1) is 35.0. The molecule has 6 aliphatic rings. The highest BCUT2D eigenvalue weighted by molar-refractivity contribution is 6.31. The van der Waals surface area contributed by atoms with Crippen LogP contribution >= 0.6 is 23.2 Å². The Labute approximate surface area is 435 Å². The van der Waals surface area contributed by atoms with Crippen LogP contribution in [-0.2, 0) is 31.1 Å². The number of hydrogen-bond acceptors (Lipinski definition) is 10. The quantitative estimate of drug-likeness (QED) is 0.0959. The molecule has 5 amide bonds. The van der Waals surface area contributed by atoms with E-state index in [0.29, 0.717) is 91.9 Å². The van der Waals surface area contributed by atoms with Crippen molar-refractivity contribution in [3.63, 3.8) is 0 Å². The molecule has 6 atom stereocenters. The summed E-state index contributed by atoms with van der Waals surface area (Å²) in [5.41, 5.74) is 4.87. The highest BCUT2D eigenvalue weighted by Gasteiger charge is 2.61. The summed E-state index contributed by atoms with van der Waals surface area (Å²) in [6, 6.07) is 17.4. The third-order valence-corrected chi connectivity index (χ3v) is 16.1. The summed E-state index contributed by atoms with van der Waals surface area (Å²) in [5.74, 6) is 4.35. The van der Waals surface area contributed by atoms with Crippen molar-refractivity contribution in [1.29, 1.82) is 0 Å². The van der Waals surface area contributed by atoms with Gasteiger partial charge in [-0.2, -0.15) is 0 Å². The maximum absolute atomic E-state index is 16.4. The molecule has 6 heterocycles. The summed E-state index contributed by atoms with van der Waals surface area (Å²) in [5, 5.41) is 13.2. The summed E-state index contributed by atoms with van der Waals surface area (Å²) >= 11 is 12.9. The number of rotatable bonds is 9. The SMILES string of the molecule is COc1cc(C(=O)N2CCC[C@@H](CC#Cc3c(N4CCOCC4)ccc4c3CN(C3CCC(=O)NC3=O)C4=O)C2)ccc1NC(=O)[C@@H]1N[C@@H](CC(C)(C)C)[C@@]2(CNc3cc(Cl)ccc32)[C@H]1c1cccc(Cl)c1F. The number of piperidine rings is 2. The Balaban J connectivity index is 0.870. The molecule has 4 N–H and O–H groups in total. The lowest BCUT2D eigenvalue weighted by atomic mass is 9.63. The number of imide groups is 1. The number of nitrogens with one attached hydrogen (secondary N) is 4. The highest BCUT2D eigenvalue weighted by Crippen LogP contribution is 2.57. The van der Waals surface area contributed by atoms with Crippen LogP contribution in [0.2, 0.25) is 10.0 Å². The molecule has 4 aromatic rings. The normalized spacial score (nSPS) is 24.7. The van der Waals surface area contributed by atoms with E-state index in [1.165, 1.54) is 13.2 Å². The van der Waals surface area contributed by atoms with Gasteiger partial charge < -0.3 is 40.1 Å². The fourth-order valence-corrected chi connectivity index (χ4v) is 12.5. The summed E-state index contributed by atoms with van der Waals surface area (Å²) in [6.45, 7) is 10.6. The summed E-state index contributed by atoms with van der Waals surface area (Å²) in [6.07, 6.45) is 3.27. The van der Waals surface area contributed by atoms with Gasteiger partial charge in [-0.25, -0.2) is 4.39 Å². The van der Waals surface area contributed by atoms with Gasteiger partial charge in [0.2, 0.25) is 17.7 Å². The largest absolute Gasteiger partial charge is 0.495 e. The number of anilines is 3. The van der Waals surface area contributed by atoms with E-state index in [1.807, 2.05) is 35.2 Å². The summed E-state index contributed by atoms with van der Waals surface area (Å²) in [7, 11) is 1.49. The first-order valence-electron chi connectivity index (χ1n) is 25.2.